The monoisotopic (exact) mass is 335 g/mol. The summed E-state index contributed by atoms with van der Waals surface area (Å²) in [6, 6.07) is 2.30. The molecule has 1 aliphatic carbocycles. The minimum absolute atomic E-state index is 0.0354. The molecule has 2 N–H and O–H groups in total. The number of carbonyl (C=O) groups excluding carboxylic acids is 2. The van der Waals surface area contributed by atoms with Crippen molar-refractivity contribution >= 4 is 23.7 Å². The summed E-state index contributed by atoms with van der Waals surface area (Å²) in [5, 5.41) is 28.7. The molecule has 0 radical (unpaired) electrons. The van der Waals surface area contributed by atoms with Crippen molar-refractivity contribution in [1.82, 2.24) is 10.7 Å². The fourth-order valence-electron chi connectivity index (χ4n) is 1.78. The van der Waals surface area contributed by atoms with Gasteiger partial charge in [-0.2, -0.15) is 5.10 Å². The molecule has 10 nitrogen and oxygen atoms in total. The van der Waals surface area contributed by atoms with Crippen LogP contribution < -0.4 is 20.6 Å². The molecule has 128 valence electrons. The van der Waals surface area contributed by atoms with Crippen LogP contribution in [-0.2, 0) is 9.59 Å². The fourth-order valence-corrected chi connectivity index (χ4v) is 1.78. The lowest BCUT2D eigenvalue weighted by Gasteiger charge is -2.14. The molecule has 0 spiro atoms. The van der Waals surface area contributed by atoms with Crippen molar-refractivity contribution in [2.75, 3.05) is 6.61 Å². The van der Waals surface area contributed by atoms with Gasteiger partial charge >= 0.3 is 11.8 Å². The molecule has 1 saturated carbocycles. The minimum atomic E-state index is -0.946. The SMILES string of the molecule is CCOc1cc(/C=N\NC(=O)C(=O)NC2CC2)cc([N+](=O)[O-])c1[O-]. The number of nitro groups is 1. The lowest BCUT2D eigenvalue weighted by Crippen LogP contribution is -2.38. The van der Waals surface area contributed by atoms with Crippen molar-refractivity contribution in [3.8, 4) is 11.5 Å². The molecule has 1 fully saturated rings. The van der Waals surface area contributed by atoms with Crippen LogP contribution in [0.1, 0.15) is 25.3 Å². The Kier molecular flexibility index (Phi) is 5.30. The first kappa shape index (κ1) is 17.2. The molecular weight excluding hydrogens is 320 g/mol. The molecule has 2 rings (SSSR count). The van der Waals surface area contributed by atoms with E-state index in [9.17, 15) is 24.8 Å². The number of hydrogen-bond donors (Lipinski definition) is 2. The van der Waals surface area contributed by atoms with E-state index in [1.165, 1.54) is 6.07 Å². The third-order valence-corrected chi connectivity index (χ3v) is 3.05. The van der Waals surface area contributed by atoms with Crippen molar-refractivity contribution in [3.63, 3.8) is 0 Å². The number of amides is 2. The number of rotatable bonds is 6. The maximum Gasteiger partial charge on any atom is 0.329 e. The van der Waals surface area contributed by atoms with Crippen molar-refractivity contribution in [2.45, 2.75) is 25.8 Å². The summed E-state index contributed by atoms with van der Waals surface area (Å²) in [6.45, 7) is 1.79. The van der Waals surface area contributed by atoms with Gasteiger partial charge in [-0.25, -0.2) is 5.43 Å². The van der Waals surface area contributed by atoms with Gasteiger partial charge < -0.3 is 15.2 Å². The second kappa shape index (κ2) is 7.40. The molecule has 0 bridgehead atoms. The first-order chi connectivity index (χ1) is 11.4. The van der Waals surface area contributed by atoms with Gasteiger partial charge in [0, 0.05) is 23.4 Å². The zero-order chi connectivity index (χ0) is 17.7. The highest BCUT2D eigenvalue weighted by Crippen LogP contribution is 2.34. The Morgan fingerprint density at radius 3 is 2.71 bits per heavy atom. The summed E-state index contributed by atoms with van der Waals surface area (Å²) < 4.78 is 5.05. The normalized spacial score (nSPS) is 13.5. The lowest BCUT2D eigenvalue weighted by atomic mass is 10.2. The molecule has 0 heterocycles. The largest absolute Gasteiger partial charge is 0.865 e. The van der Waals surface area contributed by atoms with Crippen LogP contribution in [0.5, 0.6) is 11.5 Å². The van der Waals surface area contributed by atoms with Gasteiger partial charge in [-0.1, -0.05) is 0 Å². The molecule has 1 aliphatic rings. The van der Waals surface area contributed by atoms with E-state index in [2.05, 4.69) is 10.4 Å². The number of carbonyl (C=O) groups is 2. The lowest BCUT2D eigenvalue weighted by molar-refractivity contribution is -0.398. The van der Waals surface area contributed by atoms with E-state index in [0.29, 0.717) is 0 Å². The topological polar surface area (TPSA) is 146 Å². The molecule has 0 unspecified atom stereocenters. The van der Waals surface area contributed by atoms with Gasteiger partial charge in [0.2, 0.25) is 0 Å². The number of nitro benzene ring substituents is 1. The Labute approximate surface area is 136 Å². The van der Waals surface area contributed by atoms with Crippen molar-refractivity contribution in [1.29, 1.82) is 0 Å². The number of hydrazone groups is 1. The van der Waals surface area contributed by atoms with Crippen LogP contribution in [0.4, 0.5) is 5.69 Å². The zero-order valence-electron chi connectivity index (χ0n) is 12.8. The minimum Gasteiger partial charge on any atom is -0.865 e. The number of ether oxygens (including phenoxy) is 1. The Hall–Kier alpha value is -3.17. The first-order valence-corrected chi connectivity index (χ1v) is 7.18. The van der Waals surface area contributed by atoms with Crippen molar-refractivity contribution < 1.29 is 24.4 Å². The average Bonchev–Trinajstić information content (AvgIpc) is 3.33. The molecule has 2 amide bonds. The van der Waals surface area contributed by atoms with E-state index < -0.39 is 28.2 Å². The predicted octanol–water partition coefficient (Wildman–Crippen LogP) is -0.204. The van der Waals surface area contributed by atoms with Crippen LogP contribution in [0.15, 0.2) is 17.2 Å². The smallest absolute Gasteiger partial charge is 0.329 e. The highest BCUT2D eigenvalue weighted by molar-refractivity contribution is 6.35. The summed E-state index contributed by atoms with van der Waals surface area (Å²) in [4.78, 5) is 33.0. The average molecular weight is 335 g/mol. The number of nitrogens with one attached hydrogen (secondary N) is 2. The molecular formula is C14H15N4O6-. The van der Waals surface area contributed by atoms with Gasteiger partial charge in [-0.15, -0.1) is 0 Å². The highest BCUT2D eigenvalue weighted by atomic mass is 16.6. The summed E-state index contributed by atoms with van der Waals surface area (Å²) in [6.07, 6.45) is 2.76. The van der Waals surface area contributed by atoms with Crippen LogP contribution in [0, 0.1) is 10.1 Å². The predicted molar refractivity (Wildman–Crippen MR) is 80.6 cm³/mol. The summed E-state index contributed by atoms with van der Waals surface area (Å²) >= 11 is 0. The molecule has 0 aromatic heterocycles. The summed E-state index contributed by atoms with van der Waals surface area (Å²) in [5.41, 5.74) is 1.52. The van der Waals surface area contributed by atoms with Gasteiger partial charge in [0.05, 0.1) is 17.7 Å². The second-order valence-corrected chi connectivity index (χ2v) is 5.00. The highest BCUT2D eigenvalue weighted by Gasteiger charge is 2.26. The standard InChI is InChI=1S/C14H16N4O6/c1-2-24-11-6-8(5-10(12(11)19)18(22)23)7-15-17-14(21)13(20)16-9-3-4-9/h5-7,9,19H,2-4H2,1H3,(H,16,20)(H,17,21)/p-1/b15-7-. The van der Waals surface area contributed by atoms with E-state index in [1.807, 2.05) is 5.43 Å². The molecule has 0 aliphatic heterocycles. The Balaban J connectivity index is 2.08. The molecule has 1 aromatic rings. The van der Waals surface area contributed by atoms with Crippen LogP contribution >= 0.6 is 0 Å². The molecule has 24 heavy (non-hydrogen) atoms. The van der Waals surface area contributed by atoms with E-state index in [0.717, 1.165) is 25.1 Å². The van der Waals surface area contributed by atoms with Crippen molar-refractivity contribution in [3.05, 3.63) is 27.8 Å². The third kappa shape index (κ3) is 4.41. The Morgan fingerprint density at radius 1 is 1.42 bits per heavy atom. The summed E-state index contributed by atoms with van der Waals surface area (Å²) in [5.74, 6) is -2.78. The molecule has 0 atom stereocenters. The van der Waals surface area contributed by atoms with E-state index in [1.54, 1.807) is 6.92 Å². The third-order valence-electron chi connectivity index (χ3n) is 3.05. The number of benzene rings is 1. The van der Waals surface area contributed by atoms with Gasteiger partial charge in [0.25, 0.3) is 5.69 Å². The van der Waals surface area contributed by atoms with Gasteiger partial charge in [0.1, 0.15) is 5.75 Å². The summed E-state index contributed by atoms with van der Waals surface area (Å²) in [7, 11) is 0. The quantitative estimate of drug-likeness (QED) is 0.318. The Morgan fingerprint density at radius 2 is 2.12 bits per heavy atom. The molecule has 1 aromatic carbocycles. The van der Waals surface area contributed by atoms with E-state index in [-0.39, 0.29) is 24.0 Å². The van der Waals surface area contributed by atoms with E-state index in [4.69, 9.17) is 4.74 Å². The van der Waals surface area contributed by atoms with Crippen molar-refractivity contribution in [2.24, 2.45) is 5.10 Å². The number of hydrogen-bond acceptors (Lipinski definition) is 7. The zero-order valence-corrected chi connectivity index (χ0v) is 12.8. The number of nitrogens with zero attached hydrogens (tertiary/aromatic N) is 2. The fraction of sp³-hybridized carbons (Fsp3) is 0.357. The van der Waals surface area contributed by atoms with Gasteiger partial charge in [0.15, 0.2) is 0 Å². The van der Waals surface area contributed by atoms with Crippen LogP contribution in [0.25, 0.3) is 0 Å². The maximum absolute atomic E-state index is 11.8. The molecule has 10 heteroatoms. The van der Waals surface area contributed by atoms with Crippen LogP contribution in [0.2, 0.25) is 0 Å². The van der Waals surface area contributed by atoms with Crippen LogP contribution in [-0.4, -0.2) is 35.6 Å². The Bertz CT molecular complexity index is 699. The van der Waals surface area contributed by atoms with Gasteiger partial charge in [-0.05, 0) is 25.8 Å². The second-order valence-electron chi connectivity index (χ2n) is 5.00. The first-order valence-electron chi connectivity index (χ1n) is 7.18. The van der Waals surface area contributed by atoms with E-state index >= 15 is 0 Å². The maximum atomic E-state index is 11.8. The molecule has 0 saturated heterocycles. The van der Waals surface area contributed by atoms with Gasteiger partial charge in [-0.3, -0.25) is 19.7 Å². The van der Waals surface area contributed by atoms with Crippen LogP contribution in [0.3, 0.4) is 0 Å².